The minimum atomic E-state index is -3.67. The van der Waals surface area contributed by atoms with Gasteiger partial charge < -0.3 is 10.2 Å². The Morgan fingerprint density at radius 2 is 1.76 bits per heavy atom. The second kappa shape index (κ2) is 7.78. The van der Waals surface area contributed by atoms with Crippen LogP contribution in [0.2, 0.25) is 5.02 Å². The summed E-state index contributed by atoms with van der Waals surface area (Å²) in [6.07, 6.45) is 0.0941. The van der Waals surface area contributed by atoms with Crippen LogP contribution < -0.4 is 5.32 Å². The van der Waals surface area contributed by atoms with E-state index in [0.717, 1.165) is 5.56 Å². The number of hydrogen-bond donors (Lipinski definition) is 1. The maximum Gasteiger partial charge on any atom is 0.243 e. The monoisotopic (exact) mass is 433 g/mol. The number of amides is 2. The summed E-state index contributed by atoms with van der Waals surface area (Å²) in [5.41, 5.74) is 1.45. The van der Waals surface area contributed by atoms with Crippen LogP contribution >= 0.6 is 11.6 Å². The smallest absolute Gasteiger partial charge is 0.243 e. The van der Waals surface area contributed by atoms with Gasteiger partial charge in [-0.15, -0.1) is 0 Å². The van der Waals surface area contributed by atoms with Gasteiger partial charge in [-0.1, -0.05) is 35.9 Å². The number of nitrogens with one attached hydrogen (secondary N) is 1. The lowest BCUT2D eigenvalue weighted by Gasteiger charge is -2.36. The number of halogens is 1. The first-order valence-electron chi connectivity index (χ1n) is 9.29. The first-order valence-corrected chi connectivity index (χ1v) is 11.1. The van der Waals surface area contributed by atoms with Gasteiger partial charge in [0.05, 0.1) is 10.8 Å². The van der Waals surface area contributed by atoms with E-state index in [1.807, 2.05) is 18.2 Å². The molecule has 2 aliphatic heterocycles. The van der Waals surface area contributed by atoms with E-state index in [9.17, 15) is 18.0 Å². The Kier molecular flexibility index (Phi) is 5.33. The SMILES string of the molecule is O=C1CC(C(=O)N2CCN(S(=O)(=O)c3cccc(Cl)c3)CC2)c2ccccc2N1. The molecular formula is C20H20ClN3O4S. The van der Waals surface area contributed by atoms with Gasteiger partial charge in [-0.2, -0.15) is 4.31 Å². The van der Waals surface area contributed by atoms with E-state index in [1.54, 1.807) is 23.1 Å². The Hall–Kier alpha value is -2.42. The van der Waals surface area contributed by atoms with Gasteiger partial charge in [-0.3, -0.25) is 9.59 Å². The van der Waals surface area contributed by atoms with Crippen molar-refractivity contribution < 1.29 is 18.0 Å². The maximum atomic E-state index is 13.1. The Bertz CT molecular complexity index is 1060. The van der Waals surface area contributed by atoms with Crippen molar-refractivity contribution in [2.75, 3.05) is 31.5 Å². The molecule has 9 heteroatoms. The van der Waals surface area contributed by atoms with E-state index in [0.29, 0.717) is 10.7 Å². The molecule has 1 fully saturated rings. The first-order chi connectivity index (χ1) is 13.9. The van der Waals surface area contributed by atoms with Crippen LogP contribution in [0.3, 0.4) is 0 Å². The van der Waals surface area contributed by atoms with Gasteiger partial charge >= 0.3 is 0 Å². The summed E-state index contributed by atoms with van der Waals surface area (Å²) >= 11 is 5.93. The predicted molar refractivity (Wildman–Crippen MR) is 109 cm³/mol. The number of anilines is 1. The standard InChI is InChI=1S/C20H20ClN3O4S/c21-14-4-3-5-15(12-14)29(27,28)24-10-8-23(9-11-24)20(26)17-13-19(25)22-18-7-2-1-6-16(17)18/h1-7,12,17H,8-11,13H2,(H,22,25). The highest BCUT2D eigenvalue weighted by Gasteiger charge is 2.36. The minimum absolute atomic E-state index is 0.0941. The summed E-state index contributed by atoms with van der Waals surface area (Å²) < 4.78 is 27.0. The molecule has 2 heterocycles. The van der Waals surface area contributed by atoms with Crippen molar-refractivity contribution in [2.24, 2.45) is 0 Å². The number of rotatable bonds is 3. The molecule has 1 atom stereocenters. The Labute approximate surface area is 174 Å². The zero-order valence-corrected chi connectivity index (χ0v) is 17.1. The van der Waals surface area contributed by atoms with E-state index in [4.69, 9.17) is 11.6 Å². The van der Waals surface area contributed by atoms with Crippen molar-refractivity contribution in [1.82, 2.24) is 9.21 Å². The number of carbonyl (C=O) groups is 2. The molecule has 0 spiro atoms. The molecule has 1 N–H and O–H groups in total. The van der Waals surface area contributed by atoms with Gasteiger partial charge in [0, 0.05) is 43.3 Å². The normalized spacial score (nSPS) is 20.1. The molecule has 2 aromatic rings. The summed E-state index contributed by atoms with van der Waals surface area (Å²) in [4.78, 5) is 26.9. The molecule has 4 rings (SSSR count). The topological polar surface area (TPSA) is 86.8 Å². The van der Waals surface area contributed by atoms with Crippen LogP contribution in [0.4, 0.5) is 5.69 Å². The third-order valence-corrected chi connectivity index (χ3v) is 7.41. The van der Waals surface area contributed by atoms with Crippen LogP contribution in [-0.4, -0.2) is 55.6 Å². The average Bonchev–Trinajstić information content (AvgIpc) is 2.72. The molecule has 0 bridgehead atoms. The third kappa shape index (κ3) is 3.88. The third-order valence-electron chi connectivity index (χ3n) is 5.28. The number of benzene rings is 2. The first kappa shape index (κ1) is 19.9. The molecule has 152 valence electrons. The Morgan fingerprint density at radius 3 is 2.48 bits per heavy atom. The summed E-state index contributed by atoms with van der Waals surface area (Å²) in [5, 5.41) is 3.14. The lowest BCUT2D eigenvalue weighted by Crippen LogP contribution is -2.52. The number of carbonyl (C=O) groups excluding carboxylic acids is 2. The van der Waals surface area contributed by atoms with Crippen molar-refractivity contribution in [2.45, 2.75) is 17.2 Å². The van der Waals surface area contributed by atoms with Crippen molar-refractivity contribution >= 4 is 39.1 Å². The molecule has 1 unspecified atom stereocenters. The van der Waals surface area contributed by atoms with Crippen molar-refractivity contribution in [3.05, 3.63) is 59.1 Å². The highest BCUT2D eigenvalue weighted by molar-refractivity contribution is 7.89. The maximum absolute atomic E-state index is 13.1. The lowest BCUT2D eigenvalue weighted by atomic mass is 9.89. The Morgan fingerprint density at radius 1 is 1.03 bits per heavy atom. The number of fused-ring (bicyclic) bond motifs is 1. The molecule has 29 heavy (non-hydrogen) atoms. The van der Waals surface area contributed by atoms with E-state index >= 15 is 0 Å². The summed E-state index contributed by atoms with van der Waals surface area (Å²) in [6, 6.07) is 13.4. The molecule has 0 aliphatic carbocycles. The predicted octanol–water partition coefficient (Wildman–Crippen LogP) is 2.30. The van der Waals surface area contributed by atoms with Gasteiger partial charge in [0.25, 0.3) is 0 Å². The van der Waals surface area contributed by atoms with E-state index in [-0.39, 0.29) is 49.3 Å². The number of piperazine rings is 1. The van der Waals surface area contributed by atoms with E-state index in [1.165, 1.54) is 16.4 Å². The number of sulfonamides is 1. The van der Waals surface area contributed by atoms with Crippen LogP contribution in [0.15, 0.2) is 53.4 Å². The zero-order valence-electron chi connectivity index (χ0n) is 15.5. The minimum Gasteiger partial charge on any atom is -0.340 e. The number of para-hydroxylation sites is 1. The van der Waals surface area contributed by atoms with E-state index in [2.05, 4.69) is 5.32 Å². The molecule has 0 saturated carbocycles. The average molecular weight is 434 g/mol. The van der Waals surface area contributed by atoms with Crippen molar-refractivity contribution in [3.8, 4) is 0 Å². The van der Waals surface area contributed by atoms with Gasteiger partial charge in [0.1, 0.15) is 0 Å². The molecule has 1 saturated heterocycles. The quantitative estimate of drug-likeness (QED) is 0.804. The summed E-state index contributed by atoms with van der Waals surface area (Å²) in [7, 11) is -3.67. The van der Waals surface area contributed by atoms with Crippen LogP contribution in [0.25, 0.3) is 0 Å². The van der Waals surface area contributed by atoms with Crippen LogP contribution in [-0.2, 0) is 19.6 Å². The number of hydrogen-bond acceptors (Lipinski definition) is 4. The molecule has 7 nitrogen and oxygen atoms in total. The zero-order chi connectivity index (χ0) is 20.6. The Balaban J connectivity index is 1.48. The lowest BCUT2D eigenvalue weighted by molar-refractivity contribution is -0.136. The molecule has 2 amide bonds. The van der Waals surface area contributed by atoms with Crippen molar-refractivity contribution in [3.63, 3.8) is 0 Å². The largest absolute Gasteiger partial charge is 0.340 e. The molecular weight excluding hydrogens is 414 g/mol. The summed E-state index contributed by atoms with van der Waals surface area (Å²) in [5.74, 6) is -0.882. The molecule has 0 radical (unpaired) electrons. The van der Waals surface area contributed by atoms with Crippen LogP contribution in [0.1, 0.15) is 17.9 Å². The van der Waals surface area contributed by atoms with Gasteiger partial charge in [-0.25, -0.2) is 8.42 Å². The van der Waals surface area contributed by atoms with Crippen LogP contribution in [0.5, 0.6) is 0 Å². The highest BCUT2D eigenvalue weighted by atomic mass is 35.5. The van der Waals surface area contributed by atoms with Crippen LogP contribution in [0, 0.1) is 0 Å². The highest BCUT2D eigenvalue weighted by Crippen LogP contribution is 2.33. The van der Waals surface area contributed by atoms with Crippen molar-refractivity contribution in [1.29, 1.82) is 0 Å². The molecule has 2 aliphatic rings. The van der Waals surface area contributed by atoms with Gasteiger partial charge in [0.15, 0.2) is 0 Å². The fourth-order valence-corrected chi connectivity index (χ4v) is 5.50. The number of nitrogens with zero attached hydrogens (tertiary/aromatic N) is 2. The fraction of sp³-hybridized carbons (Fsp3) is 0.300. The van der Waals surface area contributed by atoms with Gasteiger partial charge in [-0.05, 0) is 29.8 Å². The van der Waals surface area contributed by atoms with E-state index < -0.39 is 15.9 Å². The second-order valence-electron chi connectivity index (χ2n) is 7.08. The molecule has 2 aromatic carbocycles. The van der Waals surface area contributed by atoms with Gasteiger partial charge in [0.2, 0.25) is 21.8 Å². The second-order valence-corrected chi connectivity index (χ2v) is 9.45. The summed E-state index contributed by atoms with van der Waals surface area (Å²) in [6.45, 7) is 0.945. The molecule has 0 aromatic heterocycles. The fourth-order valence-electron chi connectivity index (χ4n) is 3.78.